The molecule has 0 atom stereocenters. The van der Waals surface area contributed by atoms with Gasteiger partial charge >= 0.3 is 0 Å². The van der Waals surface area contributed by atoms with Crippen molar-refractivity contribution >= 4 is 0 Å². The fourth-order valence-corrected chi connectivity index (χ4v) is 1.47. The first kappa shape index (κ1) is 11.0. The Balaban J connectivity index is 3.61. The largest absolute Gasteiger partial charge is 0.310 e. The van der Waals surface area contributed by atoms with Gasteiger partial charge in [-0.15, -0.1) is 0 Å². The van der Waals surface area contributed by atoms with Gasteiger partial charge in [-0.3, -0.25) is 0 Å². The van der Waals surface area contributed by atoms with Crippen LogP contribution in [0.4, 0.5) is 0 Å². The van der Waals surface area contributed by atoms with E-state index < -0.39 is 0 Å². The van der Waals surface area contributed by atoms with Gasteiger partial charge in [-0.05, 0) is 20.3 Å². The van der Waals surface area contributed by atoms with Crippen molar-refractivity contribution in [3.63, 3.8) is 0 Å². The fraction of sp³-hybridized carbons (Fsp3) is 1.00. The van der Waals surface area contributed by atoms with Crippen LogP contribution in [0.15, 0.2) is 0 Å². The van der Waals surface area contributed by atoms with Gasteiger partial charge in [-0.2, -0.15) is 0 Å². The first-order valence-corrected chi connectivity index (χ1v) is 4.75. The Bertz CT molecular complexity index is 95.0. The van der Waals surface area contributed by atoms with Gasteiger partial charge in [-0.1, -0.05) is 33.6 Å². The molecule has 0 bridgehead atoms. The standard InChI is InChI=1S/C10H23N/c1-6-7-8-10(4,5)11-9(2)3/h9,11H,6-8H2,1-5H3. The van der Waals surface area contributed by atoms with E-state index in [1.165, 1.54) is 19.3 Å². The lowest BCUT2D eigenvalue weighted by molar-refractivity contribution is 0.324. The minimum Gasteiger partial charge on any atom is -0.310 e. The third kappa shape index (κ3) is 6.36. The summed E-state index contributed by atoms with van der Waals surface area (Å²) in [7, 11) is 0. The van der Waals surface area contributed by atoms with E-state index in [1.807, 2.05) is 0 Å². The molecule has 0 saturated carbocycles. The van der Waals surface area contributed by atoms with Gasteiger partial charge in [0.2, 0.25) is 0 Å². The van der Waals surface area contributed by atoms with E-state index in [2.05, 4.69) is 39.9 Å². The second kappa shape index (κ2) is 4.76. The smallest absolute Gasteiger partial charge is 0.0127 e. The Morgan fingerprint density at radius 3 is 2.18 bits per heavy atom. The van der Waals surface area contributed by atoms with Crippen LogP contribution in [0.1, 0.15) is 53.9 Å². The van der Waals surface area contributed by atoms with Crippen molar-refractivity contribution < 1.29 is 0 Å². The van der Waals surface area contributed by atoms with Crippen LogP contribution in [0.5, 0.6) is 0 Å². The fourth-order valence-electron chi connectivity index (χ4n) is 1.47. The molecule has 0 aliphatic heterocycles. The SMILES string of the molecule is CCCCC(C)(C)NC(C)C. The van der Waals surface area contributed by atoms with Crippen molar-refractivity contribution in [2.75, 3.05) is 0 Å². The Morgan fingerprint density at radius 2 is 1.82 bits per heavy atom. The van der Waals surface area contributed by atoms with E-state index in [0.717, 1.165) is 0 Å². The Labute approximate surface area is 71.6 Å². The zero-order valence-electron chi connectivity index (χ0n) is 8.70. The highest BCUT2D eigenvalue weighted by atomic mass is 15.0. The van der Waals surface area contributed by atoms with Gasteiger partial charge in [0, 0.05) is 11.6 Å². The molecule has 1 heteroatoms. The predicted octanol–water partition coefficient (Wildman–Crippen LogP) is 2.95. The maximum Gasteiger partial charge on any atom is 0.0127 e. The van der Waals surface area contributed by atoms with Crippen molar-refractivity contribution in [1.29, 1.82) is 0 Å². The first-order chi connectivity index (χ1) is 4.98. The maximum absolute atomic E-state index is 3.55. The highest BCUT2D eigenvalue weighted by Gasteiger charge is 2.16. The maximum atomic E-state index is 3.55. The summed E-state index contributed by atoms with van der Waals surface area (Å²) in [6, 6.07) is 0.599. The molecule has 0 amide bonds. The summed E-state index contributed by atoms with van der Waals surface area (Å²) >= 11 is 0. The van der Waals surface area contributed by atoms with E-state index in [1.54, 1.807) is 0 Å². The summed E-state index contributed by atoms with van der Waals surface area (Å²) < 4.78 is 0. The molecule has 0 spiro atoms. The molecule has 0 aromatic rings. The van der Waals surface area contributed by atoms with Crippen LogP contribution < -0.4 is 5.32 Å². The van der Waals surface area contributed by atoms with Gasteiger partial charge < -0.3 is 5.32 Å². The molecular weight excluding hydrogens is 134 g/mol. The van der Waals surface area contributed by atoms with E-state index in [4.69, 9.17) is 0 Å². The zero-order valence-corrected chi connectivity index (χ0v) is 8.70. The number of rotatable bonds is 5. The van der Waals surface area contributed by atoms with Crippen LogP contribution >= 0.6 is 0 Å². The molecule has 11 heavy (non-hydrogen) atoms. The number of hydrogen-bond acceptors (Lipinski definition) is 1. The van der Waals surface area contributed by atoms with Crippen LogP contribution in [0.2, 0.25) is 0 Å². The molecule has 0 saturated heterocycles. The predicted molar refractivity (Wildman–Crippen MR) is 51.9 cm³/mol. The van der Waals surface area contributed by atoms with Crippen LogP contribution in [0, 0.1) is 0 Å². The van der Waals surface area contributed by atoms with Crippen molar-refractivity contribution in [3.05, 3.63) is 0 Å². The van der Waals surface area contributed by atoms with Gasteiger partial charge in [0.15, 0.2) is 0 Å². The molecule has 0 radical (unpaired) electrons. The molecule has 0 aliphatic rings. The van der Waals surface area contributed by atoms with Gasteiger partial charge in [0.05, 0.1) is 0 Å². The highest BCUT2D eigenvalue weighted by Crippen LogP contribution is 2.13. The number of nitrogens with one attached hydrogen (secondary N) is 1. The molecule has 68 valence electrons. The van der Waals surface area contributed by atoms with Crippen molar-refractivity contribution in [3.8, 4) is 0 Å². The molecule has 0 fully saturated rings. The number of hydrogen-bond donors (Lipinski definition) is 1. The van der Waals surface area contributed by atoms with Gasteiger partial charge in [0.1, 0.15) is 0 Å². The van der Waals surface area contributed by atoms with Crippen molar-refractivity contribution in [1.82, 2.24) is 5.32 Å². The molecule has 0 rings (SSSR count). The first-order valence-electron chi connectivity index (χ1n) is 4.75. The molecule has 0 aliphatic carbocycles. The lowest BCUT2D eigenvalue weighted by Gasteiger charge is -2.28. The number of unbranched alkanes of at least 4 members (excludes halogenated alkanes) is 1. The minimum atomic E-state index is 0.324. The third-order valence-electron chi connectivity index (χ3n) is 1.83. The summed E-state index contributed by atoms with van der Waals surface area (Å²) in [5.41, 5.74) is 0.324. The summed E-state index contributed by atoms with van der Waals surface area (Å²) in [6.07, 6.45) is 3.90. The zero-order chi connectivity index (χ0) is 8.91. The van der Waals surface area contributed by atoms with Gasteiger partial charge in [0.25, 0.3) is 0 Å². The normalized spacial score (nSPS) is 12.5. The molecular formula is C10H23N. The monoisotopic (exact) mass is 157 g/mol. The average Bonchev–Trinajstić information content (AvgIpc) is 1.81. The average molecular weight is 157 g/mol. The van der Waals surface area contributed by atoms with Crippen molar-refractivity contribution in [2.24, 2.45) is 0 Å². The molecule has 1 nitrogen and oxygen atoms in total. The summed E-state index contributed by atoms with van der Waals surface area (Å²) in [5.74, 6) is 0. The molecule has 1 N–H and O–H groups in total. The van der Waals surface area contributed by atoms with Crippen LogP contribution in [-0.4, -0.2) is 11.6 Å². The van der Waals surface area contributed by atoms with E-state index in [0.29, 0.717) is 11.6 Å². The van der Waals surface area contributed by atoms with E-state index >= 15 is 0 Å². The second-order valence-electron chi connectivity index (χ2n) is 4.29. The third-order valence-corrected chi connectivity index (χ3v) is 1.83. The Hall–Kier alpha value is -0.0400. The summed E-state index contributed by atoms with van der Waals surface area (Å²) in [6.45, 7) is 11.2. The lowest BCUT2D eigenvalue weighted by Crippen LogP contribution is -2.43. The van der Waals surface area contributed by atoms with Crippen LogP contribution in [0.25, 0.3) is 0 Å². The molecule has 0 aromatic carbocycles. The molecule has 0 unspecified atom stereocenters. The minimum absolute atomic E-state index is 0.324. The molecule has 0 aromatic heterocycles. The second-order valence-corrected chi connectivity index (χ2v) is 4.29. The van der Waals surface area contributed by atoms with Crippen LogP contribution in [-0.2, 0) is 0 Å². The lowest BCUT2D eigenvalue weighted by atomic mass is 9.97. The Kier molecular flexibility index (Phi) is 4.74. The highest BCUT2D eigenvalue weighted by molar-refractivity contribution is 4.78. The summed E-state index contributed by atoms with van der Waals surface area (Å²) in [4.78, 5) is 0. The van der Waals surface area contributed by atoms with Gasteiger partial charge in [-0.25, -0.2) is 0 Å². The van der Waals surface area contributed by atoms with Crippen molar-refractivity contribution in [2.45, 2.75) is 65.5 Å². The Morgan fingerprint density at radius 1 is 1.27 bits per heavy atom. The summed E-state index contributed by atoms with van der Waals surface area (Å²) in [5, 5.41) is 3.55. The topological polar surface area (TPSA) is 12.0 Å². The van der Waals surface area contributed by atoms with E-state index in [9.17, 15) is 0 Å². The van der Waals surface area contributed by atoms with E-state index in [-0.39, 0.29) is 0 Å². The quantitative estimate of drug-likeness (QED) is 0.647. The molecule has 0 heterocycles. The van der Waals surface area contributed by atoms with Crippen LogP contribution in [0.3, 0.4) is 0 Å².